The first kappa shape index (κ1) is 24.5. The quantitative estimate of drug-likeness (QED) is 0.217. The summed E-state index contributed by atoms with van der Waals surface area (Å²) >= 11 is 2.87. The van der Waals surface area contributed by atoms with E-state index in [0.29, 0.717) is 18.1 Å². The average Bonchev–Trinajstić information content (AvgIpc) is 3.19. The van der Waals surface area contributed by atoms with E-state index in [2.05, 4.69) is 16.1 Å². The van der Waals surface area contributed by atoms with E-state index in [1.54, 1.807) is 15.9 Å². The number of rotatable bonds is 8. The molecule has 1 amide bonds. The van der Waals surface area contributed by atoms with E-state index < -0.39 is 0 Å². The first-order valence-corrected chi connectivity index (χ1v) is 13.3. The molecular weight excluding hydrogens is 470 g/mol. The topological polar surface area (TPSA) is 90.3 Å². The van der Waals surface area contributed by atoms with Crippen molar-refractivity contribution in [1.29, 1.82) is 0 Å². The fraction of sp³-hybridized carbons (Fsp3) is 0.440. The number of amides is 1. The number of hydrogen-bond acceptors (Lipinski definition) is 7. The summed E-state index contributed by atoms with van der Waals surface area (Å²) in [6.45, 7) is 4.41. The van der Waals surface area contributed by atoms with Crippen LogP contribution in [0.2, 0.25) is 0 Å². The van der Waals surface area contributed by atoms with Gasteiger partial charge in [0.2, 0.25) is 5.91 Å². The van der Waals surface area contributed by atoms with Gasteiger partial charge in [0.1, 0.15) is 4.83 Å². The van der Waals surface area contributed by atoms with Crippen LogP contribution in [0.25, 0.3) is 15.9 Å². The van der Waals surface area contributed by atoms with Gasteiger partial charge in [0.15, 0.2) is 5.16 Å². The molecule has 0 unspecified atom stereocenters. The standard InChI is InChI=1S/C25H29N3O4S2/c1-15-10-11-18(16(2)13-15)28-24(31)22-17-7-4-5-8-19(17)34-23(22)27-25(28)33-14-20(29)26-12-6-9-21(30)32-3/h10-11,13H,4-9,12,14H2,1-3H3,(H,26,29). The first-order chi connectivity index (χ1) is 16.4. The van der Waals surface area contributed by atoms with Crippen LogP contribution in [-0.4, -0.2) is 40.8 Å². The Morgan fingerprint density at radius 3 is 2.79 bits per heavy atom. The zero-order valence-corrected chi connectivity index (χ0v) is 21.4. The number of thiophene rings is 1. The Morgan fingerprint density at radius 1 is 1.24 bits per heavy atom. The molecule has 34 heavy (non-hydrogen) atoms. The fourth-order valence-electron chi connectivity index (χ4n) is 4.30. The minimum atomic E-state index is -0.294. The Hall–Kier alpha value is -2.65. The third-order valence-electron chi connectivity index (χ3n) is 5.99. The molecule has 7 nitrogen and oxygen atoms in total. The second-order valence-corrected chi connectivity index (χ2v) is 10.6. The van der Waals surface area contributed by atoms with E-state index >= 15 is 0 Å². The highest BCUT2D eigenvalue weighted by Gasteiger charge is 2.23. The largest absolute Gasteiger partial charge is 0.469 e. The van der Waals surface area contributed by atoms with Crippen molar-refractivity contribution in [2.45, 2.75) is 57.5 Å². The van der Waals surface area contributed by atoms with Gasteiger partial charge in [0.05, 0.1) is 23.9 Å². The SMILES string of the molecule is COC(=O)CCCNC(=O)CSc1nc2sc3c(c2c(=O)n1-c1ccc(C)cc1C)CCCC3. The first-order valence-electron chi connectivity index (χ1n) is 11.5. The highest BCUT2D eigenvalue weighted by Crippen LogP contribution is 2.35. The van der Waals surface area contributed by atoms with Gasteiger partial charge in [-0.25, -0.2) is 4.98 Å². The summed E-state index contributed by atoms with van der Waals surface area (Å²) in [7, 11) is 1.35. The van der Waals surface area contributed by atoms with Gasteiger partial charge in [-0.15, -0.1) is 11.3 Å². The van der Waals surface area contributed by atoms with Crippen molar-refractivity contribution in [1.82, 2.24) is 14.9 Å². The van der Waals surface area contributed by atoms with Crippen molar-refractivity contribution in [3.05, 3.63) is 50.1 Å². The van der Waals surface area contributed by atoms with Gasteiger partial charge in [0.25, 0.3) is 5.56 Å². The molecule has 180 valence electrons. The van der Waals surface area contributed by atoms with Crippen LogP contribution in [0.4, 0.5) is 0 Å². The fourth-order valence-corrected chi connectivity index (χ4v) is 6.43. The van der Waals surface area contributed by atoms with Crippen LogP contribution in [0.1, 0.15) is 47.3 Å². The minimum Gasteiger partial charge on any atom is -0.469 e. The zero-order chi connectivity index (χ0) is 24.2. The van der Waals surface area contributed by atoms with Crippen LogP contribution in [0.5, 0.6) is 0 Å². The Kier molecular flexibility index (Phi) is 7.73. The summed E-state index contributed by atoms with van der Waals surface area (Å²) in [5.74, 6) is -0.328. The Bertz CT molecular complexity index is 1300. The average molecular weight is 500 g/mol. The predicted molar refractivity (Wildman–Crippen MR) is 136 cm³/mol. The number of carbonyl (C=O) groups excluding carboxylic acids is 2. The normalized spacial score (nSPS) is 13.0. The number of methoxy groups -OCH3 is 1. The maximum absolute atomic E-state index is 13.8. The highest BCUT2D eigenvalue weighted by atomic mass is 32.2. The van der Waals surface area contributed by atoms with Gasteiger partial charge in [-0.3, -0.25) is 19.0 Å². The summed E-state index contributed by atoms with van der Waals surface area (Å²) in [5.41, 5.74) is 4.00. The molecule has 0 atom stereocenters. The number of nitrogens with one attached hydrogen (secondary N) is 1. The Labute approximate surface area is 206 Å². The molecule has 2 heterocycles. The van der Waals surface area contributed by atoms with Crippen molar-refractivity contribution < 1.29 is 14.3 Å². The molecule has 4 rings (SSSR count). The van der Waals surface area contributed by atoms with Crippen molar-refractivity contribution in [2.24, 2.45) is 0 Å². The molecule has 0 saturated heterocycles. The minimum absolute atomic E-state index is 0.0580. The molecule has 1 N–H and O–H groups in total. The number of benzene rings is 1. The monoisotopic (exact) mass is 499 g/mol. The molecule has 0 bridgehead atoms. The summed E-state index contributed by atoms with van der Waals surface area (Å²) in [4.78, 5) is 44.4. The molecular formula is C25H29N3O4S2. The summed E-state index contributed by atoms with van der Waals surface area (Å²) in [5, 5.41) is 4.08. The number of aryl methyl sites for hydroxylation is 4. The number of carbonyl (C=O) groups is 2. The van der Waals surface area contributed by atoms with Gasteiger partial charge in [-0.05, 0) is 63.1 Å². The molecule has 0 radical (unpaired) electrons. The van der Waals surface area contributed by atoms with Gasteiger partial charge in [-0.2, -0.15) is 0 Å². The van der Waals surface area contributed by atoms with E-state index in [-0.39, 0.29) is 29.6 Å². The van der Waals surface area contributed by atoms with Crippen LogP contribution < -0.4 is 10.9 Å². The lowest BCUT2D eigenvalue weighted by Gasteiger charge is -2.15. The van der Waals surface area contributed by atoms with E-state index in [1.807, 2.05) is 26.0 Å². The van der Waals surface area contributed by atoms with Gasteiger partial charge in [0, 0.05) is 17.8 Å². The van der Waals surface area contributed by atoms with E-state index in [0.717, 1.165) is 58.3 Å². The molecule has 0 spiro atoms. The lowest BCUT2D eigenvalue weighted by molar-refractivity contribution is -0.140. The van der Waals surface area contributed by atoms with Gasteiger partial charge in [-0.1, -0.05) is 29.5 Å². The van der Waals surface area contributed by atoms with Gasteiger partial charge >= 0.3 is 5.97 Å². The molecule has 3 aromatic rings. The number of esters is 1. The number of nitrogens with zero attached hydrogens (tertiary/aromatic N) is 2. The summed E-state index contributed by atoms with van der Waals surface area (Å²) in [6.07, 6.45) is 4.92. The van der Waals surface area contributed by atoms with Crippen molar-refractivity contribution in [3.8, 4) is 5.69 Å². The number of ether oxygens (including phenoxy) is 1. The smallest absolute Gasteiger partial charge is 0.305 e. The predicted octanol–water partition coefficient (Wildman–Crippen LogP) is 4.10. The third kappa shape index (κ3) is 5.20. The van der Waals surface area contributed by atoms with E-state index in [1.165, 1.54) is 23.7 Å². The molecule has 1 aromatic carbocycles. The molecule has 0 saturated carbocycles. The lowest BCUT2D eigenvalue weighted by atomic mass is 9.97. The molecule has 1 aliphatic rings. The van der Waals surface area contributed by atoms with E-state index in [9.17, 15) is 14.4 Å². The van der Waals surface area contributed by atoms with Crippen LogP contribution >= 0.6 is 23.1 Å². The second kappa shape index (κ2) is 10.7. The number of thioether (sulfide) groups is 1. The molecule has 0 aliphatic heterocycles. The van der Waals surface area contributed by atoms with Crippen molar-refractivity contribution >= 4 is 45.2 Å². The third-order valence-corrected chi connectivity index (χ3v) is 8.12. The number of fused-ring (bicyclic) bond motifs is 3. The lowest BCUT2D eigenvalue weighted by Crippen LogP contribution is -2.28. The number of hydrogen-bond donors (Lipinski definition) is 1. The van der Waals surface area contributed by atoms with Crippen LogP contribution in [0, 0.1) is 13.8 Å². The molecule has 0 fully saturated rings. The van der Waals surface area contributed by atoms with Crippen molar-refractivity contribution in [3.63, 3.8) is 0 Å². The van der Waals surface area contributed by atoms with Crippen LogP contribution in [-0.2, 0) is 27.2 Å². The summed E-state index contributed by atoms with van der Waals surface area (Å²) < 4.78 is 6.29. The van der Waals surface area contributed by atoms with E-state index in [4.69, 9.17) is 4.98 Å². The maximum Gasteiger partial charge on any atom is 0.305 e. The molecule has 2 aromatic heterocycles. The molecule has 1 aliphatic carbocycles. The summed E-state index contributed by atoms with van der Waals surface area (Å²) in [6, 6.07) is 6.00. The Morgan fingerprint density at radius 2 is 2.03 bits per heavy atom. The Balaban J connectivity index is 1.64. The zero-order valence-electron chi connectivity index (χ0n) is 19.7. The van der Waals surface area contributed by atoms with Crippen LogP contribution in [0.15, 0.2) is 28.2 Å². The maximum atomic E-state index is 13.8. The van der Waals surface area contributed by atoms with Crippen molar-refractivity contribution in [2.75, 3.05) is 19.4 Å². The second-order valence-electron chi connectivity index (χ2n) is 8.53. The molecule has 9 heteroatoms. The highest BCUT2D eigenvalue weighted by molar-refractivity contribution is 7.99. The van der Waals surface area contributed by atoms with Crippen LogP contribution in [0.3, 0.4) is 0 Å². The number of aromatic nitrogens is 2. The van der Waals surface area contributed by atoms with Gasteiger partial charge < -0.3 is 10.1 Å².